The lowest BCUT2D eigenvalue weighted by Gasteiger charge is -1.97. The molecule has 0 aliphatic rings. The molecule has 0 bridgehead atoms. The van der Waals surface area contributed by atoms with Crippen molar-refractivity contribution in [3.05, 3.63) is 60.3 Å². The molecule has 0 radical (unpaired) electrons. The van der Waals surface area contributed by atoms with Gasteiger partial charge in [0.05, 0.1) is 0 Å². The molecule has 116 valence electrons. The number of para-hydroxylation sites is 1. The molecule has 1 heterocycles. The van der Waals surface area contributed by atoms with Gasteiger partial charge in [-0.15, -0.1) is 6.58 Å². The van der Waals surface area contributed by atoms with Crippen molar-refractivity contribution in [2.75, 3.05) is 0 Å². The summed E-state index contributed by atoms with van der Waals surface area (Å²) in [6, 6.07) is 10.3. The van der Waals surface area contributed by atoms with E-state index in [0.717, 1.165) is 5.57 Å². The van der Waals surface area contributed by atoms with Gasteiger partial charge in [0.25, 0.3) is 6.08 Å². The minimum absolute atomic E-state index is 0.169. The Labute approximate surface area is 126 Å². The van der Waals surface area contributed by atoms with E-state index in [1.807, 2.05) is 39.1 Å². The summed E-state index contributed by atoms with van der Waals surface area (Å²) in [6.45, 7) is 10.9. The number of H-pyrrole nitrogens is 1. The molecular formula is C18H25F2N. The molecule has 2 rings (SSSR count). The van der Waals surface area contributed by atoms with E-state index in [-0.39, 0.29) is 5.57 Å². The summed E-state index contributed by atoms with van der Waals surface area (Å²) in [4.78, 5) is 3.12. The molecule has 1 nitrogen and oxygen atoms in total. The van der Waals surface area contributed by atoms with Crippen molar-refractivity contribution in [1.82, 2.24) is 4.98 Å². The number of halogens is 2. The first-order chi connectivity index (χ1) is 10.0. The molecule has 0 unspecified atom stereocenters. The van der Waals surface area contributed by atoms with Crippen LogP contribution in [-0.4, -0.2) is 4.98 Å². The van der Waals surface area contributed by atoms with Gasteiger partial charge in [0, 0.05) is 11.7 Å². The van der Waals surface area contributed by atoms with Crippen LogP contribution in [-0.2, 0) is 0 Å². The number of hydrogen-bond donors (Lipinski definition) is 1. The van der Waals surface area contributed by atoms with Gasteiger partial charge in [-0.05, 0) is 49.8 Å². The summed E-state index contributed by atoms with van der Waals surface area (Å²) >= 11 is 0. The largest absolute Gasteiger partial charge is 0.361 e. The Hall–Kier alpha value is -1.90. The Bertz CT molecular complexity index is 533. The van der Waals surface area contributed by atoms with E-state index in [1.165, 1.54) is 17.8 Å². The number of hydrogen-bond acceptors (Lipinski definition) is 0. The number of rotatable bonds is 3. The lowest BCUT2D eigenvalue weighted by atomic mass is 10.1. The Morgan fingerprint density at radius 1 is 1.05 bits per heavy atom. The molecule has 0 spiro atoms. The molecule has 1 aromatic carbocycles. The molecule has 1 aromatic heterocycles. The summed E-state index contributed by atoms with van der Waals surface area (Å²) in [6.07, 6.45) is 1.48. The average Bonchev–Trinajstić information content (AvgIpc) is 2.95. The second-order valence-corrected chi connectivity index (χ2v) is 4.56. The standard InChI is InChI=1S/C8H12F2.C8H7N.C2H6/c1-6(2)4-5-7(3)8(9)10;1-2-4-8-7(3-1)5-6-9-8;1-2/h1,4-5H2,2-3H3;1-6,9H;1-2H3. The van der Waals surface area contributed by atoms with E-state index in [0.29, 0.717) is 12.8 Å². The van der Waals surface area contributed by atoms with Gasteiger partial charge >= 0.3 is 0 Å². The van der Waals surface area contributed by atoms with E-state index in [2.05, 4.69) is 29.8 Å². The van der Waals surface area contributed by atoms with Gasteiger partial charge in [0.2, 0.25) is 0 Å². The fourth-order valence-corrected chi connectivity index (χ4v) is 1.49. The second-order valence-electron chi connectivity index (χ2n) is 4.56. The minimum Gasteiger partial charge on any atom is -0.361 e. The smallest absolute Gasteiger partial charge is 0.269 e. The van der Waals surface area contributed by atoms with Crippen LogP contribution in [0.4, 0.5) is 8.78 Å². The molecule has 3 heteroatoms. The number of aromatic amines is 1. The van der Waals surface area contributed by atoms with Crippen LogP contribution in [0.1, 0.15) is 40.5 Å². The molecule has 1 N–H and O–H groups in total. The summed E-state index contributed by atoms with van der Waals surface area (Å²) in [7, 11) is 0. The number of fused-ring (bicyclic) bond motifs is 1. The van der Waals surface area contributed by atoms with Crippen LogP contribution < -0.4 is 0 Å². The summed E-state index contributed by atoms with van der Waals surface area (Å²) in [5.74, 6) is 0. The molecule has 2 aromatic rings. The Kier molecular flexibility index (Phi) is 9.86. The first-order valence-electron chi connectivity index (χ1n) is 7.18. The topological polar surface area (TPSA) is 15.8 Å². The highest BCUT2D eigenvalue weighted by molar-refractivity contribution is 5.78. The molecule has 21 heavy (non-hydrogen) atoms. The fraction of sp³-hybridized carbons (Fsp3) is 0.333. The number of allylic oxidation sites excluding steroid dienone is 2. The van der Waals surface area contributed by atoms with Crippen LogP contribution in [0.5, 0.6) is 0 Å². The van der Waals surface area contributed by atoms with E-state index >= 15 is 0 Å². The fourth-order valence-electron chi connectivity index (χ4n) is 1.49. The van der Waals surface area contributed by atoms with Gasteiger partial charge in [-0.3, -0.25) is 0 Å². The second kappa shape index (κ2) is 10.8. The Balaban J connectivity index is 0.000000341. The third kappa shape index (κ3) is 8.08. The van der Waals surface area contributed by atoms with Crippen molar-refractivity contribution < 1.29 is 8.78 Å². The highest BCUT2D eigenvalue weighted by atomic mass is 19.3. The lowest BCUT2D eigenvalue weighted by Crippen LogP contribution is -1.80. The van der Waals surface area contributed by atoms with Crippen molar-refractivity contribution in [3.8, 4) is 0 Å². The van der Waals surface area contributed by atoms with Crippen LogP contribution >= 0.6 is 0 Å². The van der Waals surface area contributed by atoms with Crippen molar-refractivity contribution >= 4 is 10.9 Å². The molecule has 0 atom stereocenters. The van der Waals surface area contributed by atoms with E-state index in [1.54, 1.807) is 0 Å². The quantitative estimate of drug-likeness (QED) is 0.605. The van der Waals surface area contributed by atoms with Crippen LogP contribution in [0.3, 0.4) is 0 Å². The summed E-state index contributed by atoms with van der Waals surface area (Å²) in [5, 5.41) is 1.28. The van der Waals surface area contributed by atoms with Crippen molar-refractivity contribution in [1.29, 1.82) is 0 Å². The predicted molar refractivity (Wildman–Crippen MR) is 88.6 cm³/mol. The van der Waals surface area contributed by atoms with E-state index < -0.39 is 6.08 Å². The van der Waals surface area contributed by atoms with Crippen LogP contribution in [0.15, 0.2) is 60.3 Å². The highest BCUT2D eigenvalue weighted by Crippen LogP contribution is 2.15. The SMILES string of the molecule is C=C(C)CCC(C)=C(F)F.CC.c1ccc2[nH]ccc2c1. The zero-order valence-electron chi connectivity index (χ0n) is 13.3. The summed E-state index contributed by atoms with van der Waals surface area (Å²) in [5.41, 5.74) is 2.32. The molecule has 0 aliphatic heterocycles. The van der Waals surface area contributed by atoms with Crippen LogP contribution in [0, 0.1) is 0 Å². The van der Waals surface area contributed by atoms with Gasteiger partial charge in [0.15, 0.2) is 0 Å². The Morgan fingerprint density at radius 3 is 2.19 bits per heavy atom. The zero-order chi connectivity index (χ0) is 16.3. The van der Waals surface area contributed by atoms with Crippen molar-refractivity contribution in [2.45, 2.75) is 40.5 Å². The highest BCUT2D eigenvalue weighted by Gasteiger charge is 1.98. The molecule has 0 saturated carbocycles. The normalized spacial score (nSPS) is 9.05. The maximum atomic E-state index is 11.7. The third-order valence-electron chi connectivity index (χ3n) is 2.71. The first-order valence-corrected chi connectivity index (χ1v) is 7.18. The molecule has 0 saturated heterocycles. The molecule has 0 fully saturated rings. The minimum atomic E-state index is -1.55. The van der Waals surface area contributed by atoms with Gasteiger partial charge in [-0.2, -0.15) is 8.78 Å². The monoisotopic (exact) mass is 293 g/mol. The molecule has 0 aliphatic carbocycles. The maximum Gasteiger partial charge on any atom is 0.269 e. The number of aromatic nitrogens is 1. The number of nitrogens with one attached hydrogen (secondary N) is 1. The van der Waals surface area contributed by atoms with Gasteiger partial charge in [-0.25, -0.2) is 0 Å². The molecule has 0 amide bonds. The van der Waals surface area contributed by atoms with Gasteiger partial charge < -0.3 is 4.98 Å². The van der Waals surface area contributed by atoms with Gasteiger partial charge in [-0.1, -0.05) is 37.6 Å². The first kappa shape index (κ1) is 19.1. The Morgan fingerprint density at radius 2 is 1.67 bits per heavy atom. The lowest BCUT2D eigenvalue weighted by molar-refractivity contribution is 0.408. The van der Waals surface area contributed by atoms with Crippen molar-refractivity contribution in [3.63, 3.8) is 0 Å². The molecular weight excluding hydrogens is 268 g/mol. The zero-order valence-corrected chi connectivity index (χ0v) is 13.3. The summed E-state index contributed by atoms with van der Waals surface area (Å²) < 4.78 is 23.5. The van der Waals surface area contributed by atoms with Crippen LogP contribution in [0.2, 0.25) is 0 Å². The number of benzene rings is 1. The van der Waals surface area contributed by atoms with Crippen molar-refractivity contribution in [2.24, 2.45) is 0 Å². The van der Waals surface area contributed by atoms with Gasteiger partial charge in [0.1, 0.15) is 0 Å². The third-order valence-corrected chi connectivity index (χ3v) is 2.71. The van der Waals surface area contributed by atoms with E-state index in [4.69, 9.17) is 0 Å². The van der Waals surface area contributed by atoms with E-state index in [9.17, 15) is 8.78 Å². The predicted octanol–water partition coefficient (Wildman–Crippen LogP) is 6.71. The van der Waals surface area contributed by atoms with Crippen LogP contribution in [0.25, 0.3) is 10.9 Å². The average molecular weight is 293 g/mol. The maximum absolute atomic E-state index is 11.7.